The predicted octanol–water partition coefficient (Wildman–Crippen LogP) is 4.38. The molecule has 2 bridgehead atoms. The number of rotatable bonds is 6. The van der Waals surface area contributed by atoms with E-state index in [1.54, 1.807) is 6.92 Å². The molecular weight excluding hydrogens is 495 g/mol. The molecule has 3 aliphatic rings. The summed E-state index contributed by atoms with van der Waals surface area (Å²) in [6, 6.07) is 9.75. The van der Waals surface area contributed by atoms with Crippen molar-refractivity contribution < 1.29 is 37.2 Å². The number of ether oxygens (including phenoxy) is 2. The third-order valence-electron chi connectivity index (χ3n) is 7.54. The molecule has 2 aromatic carbocycles. The molecule has 0 N–H and O–H groups in total. The van der Waals surface area contributed by atoms with Crippen molar-refractivity contribution in [3.63, 3.8) is 0 Å². The van der Waals surface area contributed by atoms with Crippen molar-refractivity contribution in [2.75, 3.05) is 11.5 Å². The number of hydrogen-bond donors (Lipinski definition) is 0. The van der Waals surface area contributed by atoms with Crippen LogP contribution in [0.15, 0.2) is 42.5 Å². The fourth-order valence-electron chi connectivity index (χ4n) is 5.87. The Labute approximate surface area is 208 Å². The second-order valence-corrected chi connectivity index (χ2v) is 9.64. The number of nitro groups is 1. The van der Waals surface area contributed by atoms with E-state index in [0.29, 0.717) is 24.7 Å². The maximum Gasteiger partial charge on any atom is 0.417 e. The number of non-ortho nitro benzene ring substituents is 1. The number of halogens is 3. The Hall–Kier alpha value is -3.98. The highest BCUT2D eigenvalue weighted by Gasteiger charge is 2.73. The van der Waals surface area contributed by atoms with Gasteiger partial charge in [0.1, 0.15) is 5.75 Å². The molecular formula is C25H20F3N3O6. The van der Waals surface area contributed by atoms with E-state index in [4.69, 9.17) is 14.7 Å². The molecule has 3 fully saturated rings. The van der Waals surface area contributed by atoms with Gasteiger partial charge in [0.05, 0.1) is 57.5 Å². The summed E-state index contributed by atoms with van der Waals surface area (Å²) < 4.78 is 52.5. The van der Waals surface area contributed by atoms with Crippen molar-refractivity contribution in [3.8, 4) is 11.8 Å². The average Bonchev–Trinajstić information content (AvgIpc) is 3.43. The highest BCUT2D eigenvalue weighted by atomic mass is 19.4. The summed E-state index contributed by atoms with van der Waals surface area (Å²) in [4.78, 5) is 38.1. The number of nitro benzene ring substituents is 1. The number of carbonyl (C=O) groups is 2. The standard InChI is InChI=1S/C25H20F3N3O6/c1-23-8-9-24(37-23,10-11-36-17-6-4-15(5-7-17)31(34)35)20-19(23)21(32)30(22(20)33)16-3-2-14(13-29)18(12-16)25(26,27)28/h2-7,12,19-20H,8-11H2,1H3/t19-,20+,23-,24-/m0/s1. The Balaban J connectivity index is 1.40. The quantitative estimate of drug-likeness (QED) is 0.318. The predicted molar refractivity (Wildman–Crippen MR) is 120 cm³/mol. The summed E-state index contributed by atoms with van der Waals surface area (Å²) in [6.45, 7) is 1.82. The molecule has 3 aliphatic heterocycles. The van der Waals surface area contributed by atoms with Crippen LogP contribution in [0.5, 0.6) is 5.75 Å². The van der Waals surface area contributed by atoms with E-state index in [-0.39, 0.29) is 24.4 Å². The molecule has 9 nitrogen and oxygen atoms in total. The van der Waals surface area contributed by atoms with Crippen molar-refractivity contribution >= 4 is 23.2 Å². The molecule has 0 saturated carbocycles. The van der Waals surface area contributed by atoms with Gasteiger partial charge in [-0.1, -0.05) is 0 Å². The highest BCUT2D eigenvalue weighted by Crippen LogP contribution is 2.62. The largest absolute Gasteiger partial charge is 0.493 e. The average molecular weight is 515 g/mol. The van der Waals surface area contributed by atoms with Gasteiger partial charge in [-0.25, -0.2) is 4.90 Å². The van der Waals surface area contributed by atoms with Gasteiger partial charge in [0.15, 0.2) is 0 Å². The molecule has 0 spiro atoms. The molecule has 5 rings (SSSR count). The van der Waals surface area contributed by atoms with E-state index < -0.39 is 57.1 Å². The number of alkyl halides is 3. The van der Waals surface area contributed by atoms with Gasteiger partial charge < -0.3 is 9.47 Å². The van der Waals surface area contributed by atoms with Crippen LogP contribution in [0, 0.1) is 33.3 Å². The van der Waals surface area contributed by atoms with E-state index in [9.17, 15) is 32.9 Å². The van der Waals surface area contributed by atoms with Crippen LogP contribution in [0.3, 0.4) is 0 Å². The molecule has 3 saturated heterocycles. The SMILES string of the molecule is C[C@@]12CC[C@@](CCOc3ccc([N+](=O)[O-])cc3)(O1)[C@H]1C(=O)N(c3ccc(C#N)c(C(F)(F)F)c3)C(=O)[C@H]12. The van der Waals surface area contributed by atoms with E-state index in [1.165, 1.54) is 36.4 Å². The number of carbonyl (C=O) groups excluding carboxylic acids is 2. The normalized spacial score (nSPS) is 28.4. The molecule has 2 amide bonds. The molecule has 0 unspecified atom stereocenters. The molecule has 192 valence electrons. The minimum absolute atomic E-state index is 0.0909. The smallest absolute Gasteiger partial charge is 0.417 e. The summed E-state index contributed by atoms with van der Waals surface area (Å²) >= 11 is 0. The number of nitriles is 1. The van der Waals surface area contributed by atoms with Crippen LogP contribution in [0.2, 0.25) is 0 Å². The van der Waals surface area contributed by atoms with Gasteiger partial charge in [0.2, 0.25) is 11.8 Å². The topological polar surface area (TPSA) is 123 Å². The first-order valence-electron chi connectivity index (χ1n) is 11.5. The first-order chi connectivity index (χ1) is 17.4. The monoisotopic (exact) mass is 515 g/mol. The highest BCUT2D eigenvalue weighted by molar-refractivity contribution is 6.23. The van der Waals surface area contributed by atoms with Gasteiger partial charge in [0.25, 0.3) is 5.69 Å². The molecule has 4 atom stereocenters. The molecule has 12 heteroatoms. The number of hydrogen-bond acceptors (Lipinski definition) is 7. The molecule has 2 aromatic rings. The summed E-state index contributed by atoms with van der Waals surface area (Å²) in [5.74, 6) is -2.66. The molecule has 3 heterocycles. The second kappa shape index (κ2) is 8.27. The van der Waals surface area contributed by atoms with Crippen molar-refractivity contribution in [2.45, 2.75) is 43.6 Å². The van der Waals surface area contributed by atoms with E-state index in [2.05, 4.69) is 0 Å². The molecule has 0 aliphatic carbocycles. The van der Waals surface area contributed by atoms with E-state index in [0.717, 1.165) is 11.0 Å². The van der Waals surface area contributed by atoms with Crippen LogP contribution in [0.4, 0.5) is 24.5 Å². The van der Waals surface area contributed by atoms with Gasteiger partial charge in [-0.2, -0.15) is 18.4 Å². The van der Waals surface area contributed by atoms with Crippen LogP contribution in [-0.4, -0.2) is 34.5 Å². The van der Waals surface area contributed by atoms with E-state index >= 15 is 0 Å². The maximum absolute atomic E-state index is 13.6. The lowest BCUT2D eigenvalue weighted by Gasteiger charge is -2.31. The van der Waals surface area contributed by atoms with Crippen molar-refractivity contribution in [1.29, 1.82) is 5.26 Å². The summed E-state index contributed by atoms with van der Waals surface area (Å²) in [6.07, 6.45) is -3.66. The van der Waals surface area contributed by atoms with Crippen molar-refractivity contribution in [1.82, 2.24) is 0 Å². The summed E-state index contributed by atoms with van der Waals surface area (Å²) in [5, 5.41) is 19.9. The minimum atomic E-state index is -4.84. The zero-order valence-corrected chi connectivity index (χ0v) is 19.4. The lowest BCUT2D eigenvalue weighted by atomic mass is 9.67. The van der Waals surface area contributed by atoms with Crippen LogP contribution in [0.1, 0.15) is 37.3 Å². The van der Waals surface area contributed by atoms with Gasteiger partial charge >= 0.3 is 6.18 Å². The van der Waals surface area contributed by atoms with Crippen molar-refractivity contribution in [3.05, 3.63) is 63.7 Å². The summed E-state index contributed by atoms with van der Waals surface area (Å²) in [5.41, 5.74) is -4.16. The Morgan fingerprint density at radius 3 is 2.46 bits per heavy atom. The third-order valence-corrected chi connectivity index (χ3v) is 7.54. The molecule has 0 aromatic heterocycles. The van der Waals surface area contributed by atoms with Gasteiger partial charge in [0, 0.05) is 18.6 Å². The fourth-order valence-corrected chi connectivity index (χ4v) is 5.87. The summed E-state index contributed by atoms with van der Waals surface area (Å²) in [7, 11) is 0. The molecule has 37 heavy (non-hydrogen) atoms. The Bertz CT molecular complexity index is 1350. The Morgan fingerprint density at radius 2 is 1.84 bits per heavy atom. The molecule has 0 radical (unpaired) electrons. The maximum atomic E-state index is 13.6. The van der Waals surface area contributed by atoms with Crippen LogP contribution >= 0.6 is 0 Å². The van der Waals surface area contributed by atoms with E-state index in [1.807, 2.05) is 0 Å². The second-order valence-electron chi connectivity index (χ2n) is 9.64. The Kier molecular flexibility index (Phi) is 5.52. The number of nitrogens with zero attached hydrogens (tertiary/aromatic N) is 3. The zero-order valence-electron chi connectivity index (χ0n) is 19.4. The first-order valence-corrected chi connectivity index (χ1v) is 11.5. The van der Waals surface area contributed by atoms with Gasteiger partial charge in [-0.15, -0.1) is 0 Å². The zero-order chi connectivity index (χ0) is 26.8. The fraction of sp³-hybridized carbons (Fsp3) is 0.400. The Morgan fingerprint density at radius 1 is 1.16 bits per heavy atom. The lowest BCUT2D eigenvalue weighted by Crippen LogP contribution is -2.43. The van der Waals surface area contributed by atoms with Crippen LogP contribution in [-0.2, 0) is 20.5 Å². The number of fused-ring (bicyclic) bond motifs is 5. The number of benzene rings is 2. The number of anilines is 1. The van der Waals surface area contributed by atoms with Crippen LogP contribution < -0.4 is 9.64 Å². The van der Waals surface area contributed by atoms with Gasteiger partial charge in [-0.3, -0.25) is 19.7 Å². The number of imide groups is 1. The van der Waals surface area contributed by atoms with Gasteiger partial charge in [-0.05, 0) is 50.1 Å². The van der Waals surface area contributed by atoms with Crippen molar-refractivity contribution in [2.24, 2.45) is 11.8 Å². The number of amides is 2. The minimum Gasteiger partial charge on any atom is -0.493 e. The lowest BCUT2D eigenvalue weighted by molar-refractivity contribution is -0.384. The van der Waals surface area contributed by atoms with Crippen LogP contribution in [0.25, 0.3) is 0 Å². The first kappa shape index (κ1) is 24.7. The third kappa shape index (κ3) is 3.81.